The Labute approximate surface area is 118 Å². The van der Waals surface area contributed by atoms with Gasteiger partial charge in [-0.3, -0.25) is 0 Å². The van der Waals surface area contributed by atoms with Crippen LogP contribution in [0.1, 0.15) is 12.8 Å². The van der Waals surface area contributed by atoms with Gasteiger partial charge in [0.1, 0.15) is 0 Å². The summed E-state index contributed by atoms with van der Waals surface area (Å²) in [4.78, 5) is 9.49. The Hall–Kier alpha value is -1.13. The van der Waals surface area contributed by atoms with Crippen molar-refractivity contribution in [1.82, 2.24) is 9.88 Å². The molecule has 1 aromatic heterocycles. The summed E-state index contributed by atoms with van der Waals surface area (Å²) in [5.41, 5.74) is 1.12. The number of piperidine rings is 1. The second kappa shape index (κ2) is 5.47. The highest BCUT2D eigenvalue weighted by Gasteiger charge is 2.19. The summed E-state index contributed by atoms with van der Waals surface area (Å²) in [6.07, 6.45) is 2.62. The van der Waals surface area contributed by atoms with Crippen LogP contribution in [-0.4, -0.2) is 43.6 Å². The summed E-state index contributed by atoms with van der Waals surface area (Å²) in [5.74, 6) is 0.813. The average Bonchev–Trinajstić information content (AvgIpc) is 2.85. The van der Waals surface area contributed by atoms with Gasteiger partial charge >= 0.3 is 0 Å². The Morgan fingerprint density at radius 2 is 2.05 bits per heavy atom. The van der Waals surface area contributed by atoms with Crippen molar-refractivity contribution in [2.24, 2.45) is 5.92 Å². The molecule has 3 rings (SSSR count). The normalized spacial score (nSPS) is 18.0. The van der Waals surface area contributed by atoms with Crippen molar-refractivity contribution >= 4 is 26.7 Å². The second-order valence-corrected chi connectivity index (χ2v) is 6.60. The van der Waals surface area contributed by atoms with Crippen LogP contribution >= 0.6 is 11.3 Å². The van der Waals surface area contributed by atoms with E-state index in [9.17, 15) is 0 Å². The van der Waals surface area contributed by atoms with Gasteiger partial charge in [-0.2, -0.15) is 0 Å². The van der Waals surface area contributed by atoms with Crippen LogP contribution in [0.3, 0.4) is 0 Å². The van der Waals surface area contributed by atoms with Gasteiger partial charge in [0, 0.05) is 13.6 Å². The molecule has 1 fully saturated rings. The number of hydrogen-bond donors (Lipinski definition) is 0. The van der Waals surface area contributed by atoms with E-state index in [1.165, 1.54) is 30.6 Å². The number of fused-ring (bicyclic) bond motifs is 1. The first-order valence-electron chi connectivity index (χ1n) is 6.97. The van der Waals surface area contributed by atoms with Crippen molar-refractivity contribution in [2.75, 3.05) is 38.6 Å². The zero-order chi connectivity index (χ0) is 13.2. The van der Waals surface area contributed by atoms with Gasteiger partial charge in [0.25, 0.3) is 0 Å². The first-order valence-corrected chi connectivity index (χ1v) is 7.79. The maximum absolute atomic E-state index is 4.73. The van der Waals surface area contributed by atoms with Crippen LogP contribution in [0.5, 0.6) is 0 Å². The quantitative estimate of drug-likeness (QED) is 0.858. The van der Waals surface area contributed by atoms with Crippen molar-refractivity contribution in [1.29, 1.82) is 0 Å². The van der Waals surface area contributed by atoms with Gasteiger partial charge in [-0.05, 0) is 51.0 Å². The van der Waals surface area contributed by atoms with Crippen LogP contribution in [0.15, 0.2) is 24.3 Å². The molecule has 0 radical (unpaired) electrons. The number of nitrogens with zero attached hydrogens (tertiary/aromatic N) is 3. The minimum absolute atomic E-state index is 0.813. The standard InChI is InChI=1S/C15H21N3S/c1-17-9-7-12(8-10-17)11-18(2)15-16-13-5-3-4-6-14(13)19-15/h3-6,12H,7-11H2,1-2H3. The van der Waals surface area contributed by atoms with Crippen LogP contribution in [0.25, 0.3) is 10.2 Å². The Morgan fingerprint density at radius 3 is 2.79 bits per heavy atom. The minimum atomic E-state index is 0.813. The molecule has 0 unspecified atom stereocenters. The lowest BCUT2D eigenvalue weighted by molar-refractivity contribution is 0.222. The van der Waals surface area contributed by atoms with Gasteiger partial charge in [-0.1, -0.05) is 23.5 Å². The molecule has 0 bridgehead atoms. The van der Waals surface area contributed by atoms with Gasteiger partial charge in [-0.25, -0.2) is 4.98 Å². The smallest absolute Gasteiger partial charge is 0.186 e. The summed E-state index contributed by atoms with van der Waals surface area (Å²) in [6, 6.07) is 8.39. The number of aromatic nitrogens is 1. The third kappa shape index (κ3) is 2.90. The van der Waals surface area contributed by atoms with Crippen molar-refractivity contribution in [3.8, 4) is 0 Å². The molecule has 0 atom stereocenters. The Morgan fingerprint density at radius 1 is 1.32 bits per heavy atom. The lowest BCUT2D eigenvalue weighted by Crippen LogP contribution is -2.35. The molecule has 4 heteroatoms. The van der Waals surface area contributed by atoms with Crippen molar-refractivity contribution in [3.63, 3.8) is 0 Å². The van der Waals surface area contributed by atoms with Crippen molar-refractivity contribution in [3.05, 3.63) is 24.3 Å². The topological polar surface area (TPSA) is 19.4 Å². The summed E-state index contributed by atoms with van der Waals surface area (Å²) in [5, 5.41) is 1.15. The largest absolute Gasteiger partial charge is 0.351 e. The molecule has 2 aromatic rings. The van der Waals surface area contributed by atoms with Crippen molar-refractivity contribution < 1.29 is 0 Å². The highest BCUT2D eigenvalue weighted by atomic mass is 32.1. The zero-order valence-electron chi connectivity index (χ0n) is 11.7. The average molecular weight is 275 g/mol. The Bertz CT molecular complexity index is 510. The van der Waals surface area contributed by atoms with E-state index in [2.05, 4.69) is 48.2 Å². The van der Waals surface area contributed by atoms with Crippen molar-refractivity contribution in [2.45, 2.75) is 12.8 Å². The van der Waals surface area contributed by atoms with Crippen LogP contribution in [0.2, 0.25) is 0 Å². The number of hydrogen-bond acceptors (Lipinski definition) is 4. The predicted octanol–water partition coefficient (Wildman–Crippen LogP) is 3.07. The molecule has 0 aliphatic carbocycles. The van der Waals surface area contributed by atoms with E-state index in [1.807, 2.05) is 0 Å². The summed E-state index contributed by atoms with van der Waals surface area (Å²) < 4.78 is 1.28. The number of benzene rings is 1. The molecule has 0 spiro atoms. The molecule has 1 saturated heterocycles. The SMILES string of the molecule is CN1CCC(CN(C)c2nc3ccccc3s2)CC1. The van der Waals surface area contributed by atoms with E-state index in [-0.39, 0.29) is 0 Å². The molecular weight excluding hydrogens is 254 g/mol. The molecule has 2 heterocycles. The lowest BCUT2D eigenvalue weighted by atomic mass is 9.97. The fourth-order valence-electron chi connectivity index (χ4n) is 2.73. The van der Waals surface area contributed by atoms with Gasteiger partial charge in [-0.15, -0.1) is 0 Å². The number of para-hydroxylation sites is 1. The van der Waals surface area contributed by atoms with E-state index in [0.717, 1.165) is 23.1 Å². The molecule has 0 amide bonds. The molecule has 19 heavy (non-hydrogen) atoms. The van der Waals surface area contributed by atoms with E-state index in [0.29, 0.717) is 0 Å². The third-order valence-corrected chi connectivity index (χ3v) is 5.13. The molecule has 3 nitrogen and oxygen atoms in total. The maximum Gasteiger partial charge on any atom is 0.186 e. The van der Waals surface area contributed by atoms with E-state index >= 15 is 0 Å². The number of thiazole rings is 1. The molecule has 102 valence electrons. The van der Waals surface area contributed by atoms with Crippen LogP contribution < -0.4 is 4.90 Å². The zero-order valence-corrected chi connectivity index (χ0v) is 12.5. The third-order valence-electron chi connectivity index (χ3n) is 3.98. The van der Waals surface area contributed by atoms with Gasteiger partial charge in [0.2, 0.25) is 0 Å². The summed E-state index contributed by atoms with van der Waals surface area (Å²) in [7, 11) is 4.39. The molecular formula is C15H21N3S. The van der Waals surface area contributed by atoms with Crippen LogP contribution in [0, 0.1) is 5.92 Å². The second-order valence-electron chi connectivity index (χ2n) is 5.59. The number of likely N-dealkylation sites (tertiary alicyclic amines) is 1. The van der Waals surface area contributed by atoms with E-state index < -0.39 is 0 Å². The van der Waals surface area contributed by atoms with Gasteiger partial charge < -0.3 is 9.80 Å². The fourth-order valence-corrected chi connectivity index (χ4v) is 3.67. The van der Waals surface area contributed by atoms with E-state index in [4.69, 9.17) is 4.98 Å². The van der Waals surface area contributed by atoms with E-state index in [1.54, 1.807) is 11.3 Å². The molecule has 1 aliphatic heterocycles. The molecule has 1 aliphatic rings. The molecule has 0 saturated carbocycles. The highest BCUT2D eigenvalue weighted by molar-refractivity contribution is 7.22. The minimum Gasteiger partial charge on any atom is -0.351 e. The summed E-state index contributed by atoms with van der Waals surface area (Å²) >= 11 is 1.80. The Kier molecular flexibility index (Phi) is 3.71. The lowest BCUT2D eigenvalue weighted by Gasteiger charge is -2.31. The first-order chi connectivity index (χ1) is 9.22. The first kappa shape index (κ1) is 12.9. The predicted molar refractivity (Wildman–Crippen MR) is 83.1 cm³/mol. The van der Waals surface area contributed by atoms with Gasteiger partial charge in [0.15, 0.2) is 5.13 Å². The number of anilines is 1. The number of rotatable bonds is 3. The van der Waals surface area contributed by atoms with Crippen LogP contribution in [0.4, 0.5) is 5.13 Å². The molecule has 1 aromatic carbocycles. The Balaban J connectivity index is 1.68. The monoisotopic (exact) mass is 275 g/mol. The maximum atomic E-state index is 4.73. The highest BCUT2D eigenvalue weighted by Crippen LogP contribution is 2.29. The molecule has 0 N–H and O–H groups in total. The van der Waals surface area contributed by atoms with Gasteiger partial charge in [0.05, 0.1) is 10.2 Å². The fraction of sp³-hybridized carbons (Fsp3) is 0.533. The summed E-state index contributed by atoms with van der Waals surface area (Å²) in [6.45, 7) is 3.60. The van der Waals surface area contributed by atoms with Crippen LogP contribution in [-0.2, 0) is 0 Å².